The van der Waals surface area contributed by atoms with Gasteiger partial charge in [0.2, 0.25) is 0 Å². The lowest BCUT2D eigenvalue weighted by Gasteiger charge is -2.20. The van der Waals surface area contributed by atoms with E-state index in [1.165, 1.54) is 0 Å². The minimum Gasteiger partial charge on any atom is -0.444 e. The van der Waals surface area contributed by atoms with Crippen LogP contribution in [0.4, 0.5) is 10.5 Å². The molecule has 1 aromatic carbocycles. The van der Waals surface area contributed by atoms with E-state index >= 15 is 0 Å². The van der Waals surface area contributed by atoms with Crippen molar-refractivity contribution < 1.29 is 9.53 Å². The first-order valence-corrected chi connectivity index (χ1v) is 8.97. The van der Waals surface area contributed by atoms with Crippen molar-refractivity contribution in [1.29, 1.82) is 0 Å². The average molecular weight is 349 g/mol. The van der Waals surface area contributed by atoms with E-state index in [0.29, 0.717) is 5.92 Å². The van der Waals surface area contributed by atoms with Crippen molar-refractivity contribution >= 4 is 17.4 Å². The van der Waals surface area contributed by atoms with E-state index < -0.39 is 11.7 Å². The summed E-state index contributed by atoms with van der Waals surface area (Å²) in [6, 6.07) is 12.0. The molecule has 0 saturated heterocycles. The molecule has 26 heavy (non-hydrogen) atoms. The standard InChI is InChI=1S/C21H23N3O2/c1-21(2,3)26-20(25)23-17-11-19-22-18(15-7-5-4-6-8-15)13-24(19)12-16(17)14-9-10-14/h4-8,11-14H,9-10H2,1-3H3,(H,23,25). The SMILES string of the molecule is CC(C)(C)OC(=O)Nc1cc2nc(-c3ccccc3)cn2cc1C1CC1. The second-order valence-electron chi connectivity index (χ2n) is 7.80. The number of aromatic nitrogens is 2. The fraction of sp³-hybridized carbons (Fsp3) is 0.333. The number of carbonyl (C=O) groups is 1. The Kier molecular flexibility index (Phi) is 3.94. The Morgan fingerprint density at radius 1 is 1.19 bits per heavy atom. The van der Waals surface area contributed by atoms with Gasteiger partial charge in [0, 0.05) is 24.0 Å². The largest absolute Gasteiger partial charge is 0.444 e. The van der Waals surface area contributed by atoms with Crippen molar-refractivity contribution in [2.45, 2.75) is 45.1 Å². The number of amides is 1. The molecule has 5 nitrogen and oxygen atoms in total. The van der Waals surface area contributed by atoms with Crippen LogP contribution in [-0.4, -0.2) is 21.1 Å². The third kappa shape index (κ3) is 3.57. The monoisotopic (exact) mass is 349 g/mol. The van der Waals surface area contributed by atoms with E-state index in [-0.39, 0.29) is 0 Å². The van der Waals surface area contributed by atoms with Crippen LogP contribution in [0.3, 0.4) is 0 Å². The number of nitrogens with one attached hydrogen (secondary N) is 1. The number of carbonyl (C=O) groups excluding carboxylic acids is 1. The van der Waals surface area contributed by atoms with Gasteiger partial charge in [0.1, 0.15) is 11.2 Å². The number of fused-ring (bicyclic) bond motifs is 1. The summed E-state index contributed by atoms with van der Waals surface area (Å²) in [6.45, 7) is 5.58. The molecule has 1 fully saturated rings. The van der Waals surface area contributed by atoms with Gasteiger partial charge in [0.05, 0.1) is 11.4 Å². The lowest BCUT2D eigenvalue weighted by molar-refractivity contribution is 0.0636. The van der Waals surface area contributed by atoms with Gasteiger partial charge in [0.15, 0.2) is 0 Å². The number of anilines is 1. The Bertz CT molecular complexity index is 951. The van der Waals surface area contributed by atoms with E-state index in [9.17, 15) is 4.79 Å². The van der Waals surface area contributed by atoms with Crippen LogP contribution < -0.4 is 5.32 Å². The minimum atomic E-state index is -0.526. The molecule has 0 radical (unpaired) electrons. The predicted molar refractivity (Wildman–Crippen MR) is 102 cm³/mol. The van der Waals surface area contributed by atoms with Crippen LogP contribution in [-0.2, 0) is 4.74 Å². The number of hydrogen-bond donors (Lipinski definition) is 1. The summed E-state index contributed by atoms with van der Waals surface area (Å²) in [6.07, 6.45) is 5.98. The molecule has 4 rings (SSSR count). The van der Waals surface area contributed by atoms with Gasteiger partial charge >= 0.3 is 6.09 Å². The molecular weight excluding hydrogens is 326 g/mol. The zero-order valence-corrected chi connectivity index (χ0v) is 15.3. The first-order chi connectivity index (χ1) is 12.4. The molecule has 2 heterocycles. The summed E-state index contributed by atoms with van der Waals surface area (Å²) in [4.78, 5) is 16.9. The van der Waals surface area contributed by atoms with Crippen molar-refractivity contribution in [1.82, 2.24) is 9.38 Å². The van der Waals surface area contributed by atoms with Gasteiger partial charge in [-0.25, -0.2) is 9.78 Å². The summed E-state index contributed by atoms with van der Waals surface area (Å²) in [5.41, 5.74) is 4.20. The summed E-state index contributed by atoms with van der Waals surface area (Å²) in [5.74, 6) is 0.493. The molecule has 0 bridgehead atoms. The van der Waals surface area contributed by atoms with Crippen molar-refractivity contribution in [2.24, 2.45) is 0 Å². The van der Waals surface area contributed by atoms with Crippen LogP contribution >= 0.6 is 0 Å². The molecule has 134 valence electrons. The quantitative estimate of drug-likeness (QED) is 0.705. The Hall–Kier alpha value is -2.82. The number of ether oxygens (including phenoxy) is 1. The topological polar surface area (TPSA) is 55.6 Å². The lowest BCUT2D eigenvalue weighted by Crippen LogP contribution is -2.27. The molecule has 0 spiro atoms. The van der Waals surface area contributed by atoms with Crippen LogP contribution in [0.5, 0.6) is 0 Å². The number of imidazole rings is 1. The average Bonchev–Trinajstić information content (AvgIpc) is 3.33. The molecule has 0 atom stereocenters. The molecule has 5 heteroatoms. The molecule has 1 aliphatic rings. The van der Waals surface area contributed by atoms with E-state index in [1.54, 1.807) is 0 Å². The molecule has 2 aromatic heterocycles. The maximum absolute atomic E-state index is 12.2. The highest BCUT2D eigenvalue weighted by molar-refractivity contribution is 5.87. The van der Waals surface area contributed by atoms with Crippen molar-refractivity contribution in [3.8, 4) is 11.3 Å². The van der Waals surface area contributed by atoms with Crippen LogP contribution in [0.2, 0.25) is 0 Å². The Labute approximate surface area is 153 Å². The van der Waals surface area contributed by atoms with E-state index in [2.05, 4.69) is 11.5 Å². The minimum absolute atomic E-state index is 0.432. The highest BCUT2D eigenvalue weighted by Gasteiger charge is 2.28. The molecule has 1 aliphatic carbocycles. The zero-order valence-electron chi connectivity index (χ0n) is 15.3. The van der Waals surface area contributed by atoms with Crippen LogP contribution in [0.25, 0.3) is 16.9 Å². The predicted octanol–water partition coefficient (Wildman–Crippen LogP) is 5.23. The molecule has 1 saturated carbocycles. The smallest absolute Gasteiger partial charge is 0.412 e. The van der Waals surface area contributed by atoms with Gasteiger partial charge in [0.25, 0.3) is 0 Å². The van der Waals surface area contributed by atoms with Gasteiger partial charge in [-0.2, -0.15) is 0 Å². The van der Waals surface area contributed by atoms with Crippen LogP contribution in [0.15, 0.2) is 48.8 Å². The maximum atomic E-state index is 12.2. The Balaban J connectivity index is 1.70. The second kappa shape index (κ2) is 6.16. The Morgan fingerprint density at radius 3 is 2.58 bits per heavy atom. The summed E-state index contributed by atoms with van der Waals surface area (Å²) < 4.78 is 7.44. The second-order valence-corrected chi connectivity index (χ2v) is 7.80. The van der Waals surface area contributed by atoms with E-state index in [1.807, 2.05) is 67.8 Å². The maximum Gasteiger partial charge on any atom is 0.412 e. The van der Waals surface area contributed by atoms with Crippen LogP contribution in [0.1, 0.15) is 45.1 Å². The first kappa shape index (κ1) is 16.6. The summed E-state index contributed by atoms with van der Waals surface area (Å²) in [7, 11) is 0. The zero-order chi connectivity index (χ0) is 18.3. The fourth-order valence-electron chi connectivity index (χ4n) is 3.04. The molecular formula is C21H23N3O2. The van der Waals surface area contributed by atoms with Gasteiger partial charge in [-0.1, -0.05) is 30.3 Å². The fourth-order valence-corrected chi connectivity index (χ4v) is 3.04. The van der Waals surface area contributed by atoms with Crippen molar-refractivity contribution in [2.75, 3.05) is 5.32 Å². The van der Waals surface area contributed by atoms with Gasteiger partial charge in [-0.05, 0) is 45.1 Å². The highest BCUT2D eigenvalue weighted by Crippen LogP contribution is 2.44. The molecule has 1 N–H and O–H groups in total. The molecule has 1 amide bonds. The molecule has 0 aliphatic heterocycles. The highest BCUT2D eigenvalue weighted by atomic mass is 16.6. The Morgan fingerprint density at radius 2 is 1.92 bits per heavy atom. The lowest BCUT2D eigenvalue weighted by atomic mass is 10.1. The van der Waals surface area contributed by atoms with Gasteiger partial charge in [-0.3, -0.25) is 5.32 Å². The summed E-state index contributed by atoms with van der Waals surface area (Å²) >= 11 is 0. The normalized spacial score (nSPS) is 14.4. The number of hydrogen-bond acceptors (Lipinski definition) is 3. The number of pyridine rings is 1. The number of benzene rings is 1. The van der Waals surface area contributed by atoms with Gasteiger partial charge in [-0.15, -0.1) is 0 Å². The van der Waals surface area contributed by atoms with E-state index in [0.717, 1.165) is 41.0 Å². The van der Waals surface area contributed by atoms with Crippen molar-refractivity contribution in [3.05, 3.63) is 54.4 Å². The third-order valence-electron chi connectivity index (χ3n) is 4.35. The van der Waals surface area contributed by atoms with E-state index in [4.69, 9.17) is 9.72 Å². The molecule has 0 unspecified atom stereocenters. The number of rotatable bonds is 3. The molecule has 3 aromatic rings. The number of nitrogens with zero attached hydrogens (tertiary/aromatic N) is 2. The van der Waals surface area contributed by atoms with Gasteiger partial charge < -0.3 is 9.14 Å². The third-order valence-corrected chi connectivity index (χ3v) is 4.35. The van der Waals surface area contributed by atoms with Crippen LogP contribution in [0, 0.1) is 0 Å². The van der Waals surface area contributed by atoms with Crippen molar-refractivity contribution in [3.63, 3.8) is 0 Å². The summed E-state index contributed by atoms with van der Waals surface area (Å²) in [5, 5.41) is 2.92. The first-order valence-electron chi connectivity index (χ1n) is 8.97.